The van der Waals surface area contributed by atoms with Crippen LogP contribution in [-0.4, -0.2) is 30.8 Å². The summed E-state index contributed by atoms with van der Waals surface area (Å²) in [6, 6.07) is 9.58. The molecule has 2 N–H and O–H groups in total. The molecule has 21 heavy (non-hydrogen) atoms. The number of hydrogen-bond donors (Lipinski definition) is 2. The Morgan fingerprint density at radius 1 is 1.38 bits per heavy atom. The Bertz CT molecular complexity index is 415. The number of rotatable bonds is 7. The van der Waals surface area contributed by atoms with Gasteiger partial charge in [-0.2, -0.15) is 0 Å². The van der Waals surface area contributed by atoms with Crippen LogP contribution in [0.15, 0.2) is 30.3 Å². The standard InChI is InChI=1S/C17H25NO3/c19-16(15-7-2-1-3-8-15)9-4-10-17(20)18-12-14-6-5-11-21-13-14/h1-3,7-8,14,16,19H,4-6,9-13H2,(H,18,20)/t14-,16+/m1/s1. The molecule has 1 fully saturated rings. The molecule has 0 saturated carbocycles. The van der Waals surface area contributed by atoms with Crippen LogP contribution in [-0.2, 0) is 9.53 Å². The van der Waals surface area contributed by atoms with Crippen molar-refractivity contribution >= 4 is 5.91 Å². The predicted molar refractivity (Wildman–Crippen MR) is 81.8 cm³/mol. The lowest BCUT2D eigenvalue weighted by molar-refractivity contribution is -0.121. The molecule has 1 aliphatic heterocycles. The lowest BCUT2D eigenvalue weighted by atomic mass is 10.0. The van der Waals surface area contributed by atoms with Crippen LogP contribution >= 0.6 is 0 Å². The summed E-state index contributed by atoms with van der Waals surface area (Å²) >= 11 is 0. The molecule has 1 aromatic carbocycles. The Morgan fingerprint density at radius 3 is 2.90 bits per heavy atom. The molecule has 1 amide bonds. The first-order valence-corrected chi connectivity index (χ1v) is 7.83. The van der Waals surface area contributed by atoms with E-state index in [4.69, 9.17) is 4.74 Å². The topological polar surface area (TPSA) is 58.6 Å². The smallest absolute Gasteiger partial charge is 0.220 e. The SMILES string of the molecule is O=C(CCC[C@H](O)c1ccccc1)NC[C@H]1CCCOC1. The van der Waals surface area contributed by atoms with Gasteiger partial charge in [0.25, 0.3) is 0 Å². The number of benzene rings is 1. The van der Waals surface area contributed by atoms with Crippen molar-refractivity contribution in [2.45, 2.75) is 38.2 Å². The monoisotopic (exact) mass is 291 g/mol. The predicted octanol–water partition coefficient (Wildman–Crippen LogP) is 2.43. The second kappa shape index (κ2) is 8.80. The van der Waals surface area contributed by atoms with Crippen LogP contribution in [0.25, 0.3) is 0 Å². The third kappa shape index (κ3) is 5.86. The van der Waals surface area contributed by atoms with Crippen molar-refractivity contribution in [1.82, 2.24) is 5.32 Å². The van der Waals surface area contributed by atoms with E-state index in [9.17, 15) is 9.90 Å². The first kappa shape index (κ1) is 16.0. The minimum absolute atomic E-state index is 0.0702. The van der Waals surface area contributed by atoms with Crippen LogP contribution in [0, 0.1) is 5.92 Å². The van der Waals surface area contributed by atoms with Crippen molar-refractivity contribution in [3.05, 3.63) is 35.9 Å². The minimum Gasteiger partial charge on any atom is -0.388 e. The van der Waals surface area contributed by atoms with Crippen LogP contribution in [0.2, 0.25) is 0 Å². The highest BCUT2D eigenvalue weighted by Crippen LogP contribution is 2.18. The van der Waals surface area contributed by atoms with Gasteiger partial charge in [-0.25, -0.2) is 0 Å². The van der Waals surface area contributed by atoms with Gasteiger partial charge in [0, 0.05) is 19.6 Å². The van der Waals surface area contributed by atoms with Gasteiger partial charge in [0.15, 0.2) is 0 Å². The van der Waals surface area contributed by atoms with Gasteiger partial charge in [0.1, 0.15) is 0 Å². The lowest BCUT2D eigenvalue weighted by Crippen LogP contribution is -2.33. The first-order valence-electron chi connectivity index (χ1n) is 7.83. The summed E-state index contributed by atoms with van der Waals surface area (Å²) in [5, 5.41) is 13.0. The highest BCUT2D eigenvalue weighted by molar-refractivity contribution is 5.75. The molecule has 0 aromatic heterocycles. The third-order valence-electron chi connectivity index (χ3n) is 3.91. The van der Waals surface area contributed by atoms with Gasteiger partial charge in [0.2, 0.25) is 5.91 Å². The number of aliphatic hydroxyl groups is 1. The number of carbonyl (C=O) groups excluding carboxylic acids is 1. The molecular formula is C17H25NO3. The van der Waals surface area contributed by atoms with Gasteiger partial charge in [-0.3, -0.25) is 4.79 Å². The van der Waals surface area contributed by atoms with Gasteiger partial charge in [-0.1, -0.05) is 30.3 Å². The maximum absolute atomic E-state index is 11.8. The fraction of sp³-hybridized carbons (Fsp3) is 0.588. The molecule has 0 spiro atoms. The molecule has 1 heterocycles. The maximum Gasteiger partial charge on any atom is 0.220 e. The zero-order valence-corrected chi connectivity index (χ0v) is 12.5. The second-order valence-corrected chi connectivity index (χ2v) is 5.71. The number of carbonyl (C=O) groups is 1. The van der Waals surface area contributed by atoms with Gasteiger partial charge in [-0.05, 0) is 37.2 Å². The summed E-state index contributed by atoms with van der Waals surface area (Å²) in [5.74, 6) is 0.526. The highest BCUT2D eigenvalue weighted by Gasteiger charge is 2.15. The molecule has 2 atom stereocenters. The zero-order chi connectivity index (χ0) is 14.9. The van der Waals surface area contributed by atoms with Crippen molar-refractivity contribution < 1.29 is 14.6 Å². The average Bonchev–Trinajstić information content (AvgIpc) is 2.54. The molecule has 0 bridgehead atoms. The van der Waals surface area contributed by atoms with E-state index in [0.717, 1.165) is 31.6 Å². The summed E-state index contributed by atoms with van der Waals surface area (Å²) < 4.78 is 5.39. The van der Waals surface area contributed by atoms with E-state index in [1.54, 1.807) is 0 Å². The molecule has 1 saturated heterocycles. The summed E-state index contributed by atoms with van der Waals surface area (Å²) in [6.45, 7) is 2.31. The summed E-state index contributed by atoms with van der Waals surface area (Å²) in [7, 11) is 0. The van der Waals surface area contributed by atoms with Gasteiger partial charge in [0.05, 0.1) is 12.7 Å². The Balaban J connectivity index is 1.58. The Morgan fingerprint density at radius 2 is 2.19 bits per heavy atom. The van der Waals surface area contributed by atoms with Gasteiger partial charge < -0.3 is 15.2 Å². The number of amides is 1. The maximum atomic E-state index is 11.8. The van der Waals surface area contributed by atoms with Crippen molar-refractivity contribution in [2.75, 3.05) is 19.8 Å². The number of hydrogen-bond acceptors (Lipinski definition) is 3. The second-order valence-electron chi connectivity index (χ2n) is 5.71. The zero-order valence-electron chi connectivity index (χ0n) is 12.5. The molecular weight excluding hydrogens is 266 g/mol. The van der Waals surface area contributed by atoms with Crippen LogP contribution in [0.1, 0.15) is 43.8 Å². The van der Waals surface area contributed by atoms with E-state index in [1.807, 2.05) is 30.3 Å². The summed E-state index contributed by atoms with van der Waals surface area (Å²) in [5.41, 5.74) is 0.914. The van der Waals surface area contributed by atoms with Crippen molar-refractivity contribution in [3.8, 4) is 0 Å². The van der Waals surface area contributed by atoms with Crippen LogP contribution in [0.3, 0.4) is 0 Å². The molecule has 0 radical (unpaired) electrons. The molecule has 116 valence electrons. The lowest BCUT2D eigenvalue weighted by Gasteiger charge is -2.22. The van der Waals surface area contributed by atoms with E-state index in [0.29, 0.717) is 31.7 Å². The van der Waals surface area contributed by atoms with E-state index in [1.165, 1.54) is 0 Å². The van der Waals surface area contributed by atoms with Crippen LogP contribution in [0.4, 0.5) is 0 Å². The average molecular weight is 291 g/mol. The Labute approximate surface area is 126 Å². The summed E-state index contributed by atoms with van der Waals surface area (Å²) in [4.78, 5) is 11.8. The Kier molecular flexibility index (Phi) is 6.70. The molecule has 1 aliphatic rings. The number of ether oxygens (including phenoxy) is 1. The van der Waals surface area contributed by atoms with Crippen LogP contribution < -0.4 is 5.32 Å². The molecule has 0 unspecified atom stereocenters. The molecule has 1 aromatic rings. The summed E-state index contributed by atoms with van der Waals surface area (Å²) in [6.07, 6.45) is 3.52. The van der Waals surface area contributed by atoms with E-state index in [-0.39, 0.29) is 5.91 Å². The fourth-order valence-corrected chi connectivity index (χ4v) is 2.61. The molecule has 4 heteroatoms. The number of aliphatic hydroxyl groups excluding tert-OH is 1. The third-order valence-corrected chi connectivity index (χ3v) is 3.91. The highest BCUT2D eigenvalue weighted by atomic mass is 16.5. The largest absolute Gasteiger partial charge is 0.388 e. The van der Waals surface area contributed by atoms with E-state index < -0.39 is 6.10 Å². The van der Waals surface area contributed by atoms with Crippen molar-refractivity contribution in [3.63, 3.8) is 0 Å². The van der Waals surface area contributed by atoms with E-state index in [2.05, 4.69) is 5.32 Å². The van der Waals surface area contributed by atoms with Gasteiger partial charge >= 0.3 is 0 Å². The van der Waals surface area contributed by atoms with E-state index >= 15 is 0 Å². The van der Waals surface area contributed by atoms with Gasteiger partial charge in [-0.15, -0.1) is 0 Å². The van der Waals surface area contributed by atoms with Crippen LogP contribution in [0.5, 0.6) is 0 Å². The fourth-order valence-electron chi connectivity index (χ4n) is 2.61. The minimum atomic E-state index is -0.481. The molecule has 0 aliphatic carbocycles. The quantitative estimate of drug-likeness (QED) is 0.811. The van der Waals surface area contributed by atoms with Crippen molar-refractivity contribution in [1.29, 1.82) is 0 Å². The molecule has 2 rings (SSSR count). The molecule has 4 nitrogen and oxygen atoms in total. The normalized spacial score (nSPS) is 20.0. The van der Waals surface area contributed by atoms with Crippen molar-refractivity contribution in [2.24, 2.45) is 5.92 Å². The Hall–Kier alpha value is -1.39. The first-order chi connectivity index (χ1) is 10.3. The number of nitrogens with one attached hydrogen (secondary N) is 1.